The summed E-state index contributed by atoms with van der Waals surface area (Å²) in [7, 11) is 3.54. The summed E-state index contributed by atoms with van der Waals surface area (Å²) in [6.45, 7) is 11.9. The fraction of sp³-hybridized carbons (Fsp3) is 0.765. The van der Waals surface area contributed by atoms with Gasteiger partial charge in [0.1, 0.15) is 0 Å². The largest absolute Gasteiger partial charge is 0.376 e. The number of likely N-dealkylation sites (N-methyl/N-ethyl adjacent to an activating group) is 1. The summed E-state index contributed by atoms with van der Waals surface area (Å²) in [6.07, 6.45) is 2.58. The molecule has 1 aliphatic heterocycles. The van der Waals surface area contributed by atoms with Crippen LogP contribution in [0.2, 0.25) is 0 Å². The highest BCUT2D eigenvalue weighted by Gasteiger charge is 2.45. The van der Waals surface area contributed by atoms with E-state index in [4.69, 9.17) is 4.74 Å². The minimum atomic E-state index is -0.291. The Labute approximate surface area is 140 Å². The number of aromatic nitrogens is 2. The molecule has 1 N–H and O–H groups in total. The Balaban J connectivity index is 0.00000127. The van der Waals surface area contributed by atoms with Crippen molar-refractivity contribution in [1.82, 2.24) is 15.1 Å². The molecule has 132 valence electrons. The molecular weight excluding hydrogens is 292 g/mol. The molecule has 23 heavy (non-hydrogen) atoms. The van der Waals surface area contributed by atoms with Crippen LogP contribution in [0.1, 0.15) is 46.2 Å². The maximum Gasteiger partial charge on any atom is 0.209 e. The van der Waals surface area contributed by atoms with Gasteiger partial charge in [-0.2, -0.15) is 5.10 Å². The second-order valence-corrected chi connectivity index (χ2v) is 6.71. The molecule has 1 aliphatic rings. The van der Waals surface area contributed by atoms with Crippen molar-refractivity contribution in [2.24, 2.45) is 0 Å². The van der Waals surface area contributed by atoms with Gasteiger partial charge in [0.05, 0.1) is 5.60 Å². The Kier molecular flexibility index (Phi) is 6.62. The van der Waals surface area contributed by atoms with E-state index in [2.05, 4.69) is 35.0 Å². The summed E-state index contributed by atoms with van der Waals surface area (Å²) in [5.74, 6) is 0.978. The van der Waals surface area contributed by atoms with Crippen LogP contribution in [0, 0.1) is 6.92 Å². The molecule has 0 aromatic carbocycles. The third-order valence-electron chi connectivity index (χ3n) is 4.40. The van der Waals surface area contributed by atoms with Crippen LogP contribution < -0.4 is 4.90 Å². The molecule has 1 aromatic heterocycles. The third-order valence-corrected chi connectivity index (χ3v) is 4.40. The van der Waals surface area contributed by atoms with Gasteiger partial charge >= 0.3 is 0 Å². The van der Waals surface area contributed by atoms with Crippen molar-refractivity contribution in [2.45, 2.75) is 58.6 Å². The monoisotopic (exact) mass is 324 g/mol. The molecule has 6 heteroatoms. The molecule has 0 bridgehead atoms. The molecular formula is C17H32N4O2. The Morgan fingerprint density at radius 3 is 2.57 bits per heavy atom. The molecule has 0 aliphatic carbocycles. The third kappa shape index (κ3) is 4.47. The number of piperidine rings is 1. The minimum absolute atomic E-state index is 0.0837. The number of H-pyrrole nitrogens is 1. The zero-order valence-corrected chi connectivity index (χ0v) is 15.6. The SMILES string of the molecule is CC.COC1(CN(C)C=O)CCN(c2cc(C)[nH]n2)C(C)(C)C1. The first-order valence-electron chi connectivity index (χ1n) is 8.32. The van der Waals surface area contributed by atoms with E-state index in [0.717, 1.165) is 37.3 Å². The van der Waals surface area contributed by atoms with Gasteiger partial charge in [-0.1, -0.05) is 13.8 Å². The number of carbonyl (C=O) groups excluding carboxylic acids is 1. The van der Waals surface area contributed by atoms with Gasteiger partial charge in [-0.25, -0.2) is 0 Å². The topological polar surface area (TPSA) is 61.5 Å². The number of aryl methyl sites for hydroxylation is 1. The molecule has 2 rings (SSSR count). The Morgan fingerprint density at radius 1 is 1.48 bits per heavy atom. The predicted molar refractivity (Wildman–Crippen MR) is 93.8 cm³/mol. The van der Waals surface area contributed by atoms with E-state index in [1.807, 2.05) is 20.8 Å². The highest BCUT2D eigenvalue weighted by molar-refractivity contribution is 5.47. The number of aromatic amines is 1. The summed E-state index contributed by atoms with van der Waals surface area (Å²) in [4.78, 5) is 14.9. The standard InChI is InChI=1S/C15H26N4O2.C2H6/c1-12-8-13(17-16-12)19-7-6-15(21-5,9-14(19,2)3)10-18(4)11-20;1-2/h8,11H,6-7,9-10H2,1-5H3,(H,16,17);1-2H3. The van der Waals surface area contributed by atoms with Crippen molar-refractivity contribution in [3.8, 4) is 0 Å². The molecule has 1 amide bonds. The van der Waals surface area contributed by atoms with E-state index < -0.39 is 0 Å². The number of hydrogen-bond donors (Lipinski definition) is 1. The van der Waals surface area contributed by atoms with E-state index in [1.165, 1.54) is 0 Å². The zero-order chi connectivity index (χ0) is 17.7. The lowest BCUT2D eigenvalue weighted by atomic mass is 9.78. The fourth-order valence-electron chi connectivity index (χ4n) is 3.42. The summed E-state index contributed by atoms with van der Waals surface area (Å²) >= 11 is 0. The minimum Gasteiger partial charge on any atom is -0.376 e. The maximum absolute atomic E-state index is 10.9. The number of carbonyl (C=O) groups is 1. The van der Waals surface area contributed by atoms with Gasteiger partial charge in [0, 0.05) is 51.0 Å². The first-order chi connectivity index (χ1) is 10.8. The van der Waals surface area contributed by atoms with Gasteiger partial charge in [-0.05, 0) is 27.2 Å². The van der Waals surface area contributed by atoms with Gasteiger partial charge in [-0.15, -0.1) is 0 Å². The second kappa shape index (κ2) is 7.81. The van der Waals surface area contributed by atoms with Crippen LogP contribution in [0.3, 0.4) is 0 Å². The van der Waals surface area contributed by atoms with Crippen molar-refractivity contribution >= 4 is 12.2 Å². The fourth-order valence-corrected chi connectivity index (χ4v) is 3.42. The molecule has 1 fully saturated rings. The van der Waals surface area contributed by atoms with Crippen LogP contribution >= 0.6 is 0 Å². The number of rotatable bonds is 5. The highest BCUT2D eigenvalue weighted by atomic mass is 16.5. The van der Waals surface area contributed by atoms with Gasteiger partial charge in [0.15, 0.2) is 5.82 Å². The normalized spacial score (nSPS) is 23.0. The smallest absolute Gasteiger partial charge is 0.209 e. The molecule has 0 radical (unpaired) electrons. The van der Waals surface area contributed by atoms with Gasteiger partial charge < -0.3 is 14.5 Å². The summed E-state index contributed by atoms with van der Waals surface area (Å²) in [5.41, 5.74) is 0.686. The second-order valence-electron chi connectivity index (χ2n) is 6.71. The maximum atomic E-state index is 10.9. The number of methoxy groups -OCH3 is 1. The molecule has 0 spiro atoms. The van der Waals surface area contributed by atoms with Crippen LogP contribution in [0.15, 0.2) is 6.07 Å². The first-order valence-corrected chi connectivity index (χ1v) is 8.32. The lowest BCUT2D eigenvalue weighted by molar-refractivity contribution is -0.123. The van der Waals surface area contributed by atoms with Crippen LogP contribution in [0.5, 0.6) is 0 Å². The highest BCUT2D eigenvalue weighted by Crippen LogP contribution is 2.39. The number of nitrogens with zero attached hydrogens (tertiary/aromatic N) is 3. The Bertz CT molecular complexity index is 501. The number of hydrogen-bond acceptors (Lipinski definition) is 4. The lowest BCUT2D eigenvalue weighted by Gasteiger charge is -2.51. The molecule has 1 atom stereocenters. The summed E-state index contributed by atoms with van der Waals surface area (Å²) in [6, 6.07) is 2.07. The van der Waals surface area contributed by atoms with Crippen LogP contribution in [-0.2, 0) is 9.53 Å². The van der Waals surface area contributed by atoms with Crippen LogP contribution in [0.25, 0.3) is 0 Å². The van der Waals surface area contributed by atoms with Crippen molar-refractivity contribution in [2.75, 3.05) is 32.1 Å². The number of ether oxygens (including phenoxy) is 1. The number of amides is 1. The van der Waals surface area contributed by atoms with E-state index in [1.54, 1.807) is 19.1 Å². The van der Waals surface area contributed by atoms with Gasteiger partial charge in [0.25, 0.3) is 0 Å². The zero-order valence-electron chi connectivity index (χ0n) is 15.6. The summed E-state index contributed by atoms with van der Waals surface area (Å²) in [5, 5.41) is 7.38. The van der Waals surface area contributed by atoms with Crippen LogP contribution in [0.4, 0.5) is 5.82 Å². The number of anilines is 1. The van der Waals surface area contributed by atoms with E-state index >= 15 is 0 Å². The van der Waals surface area contributed by atoms with E-state index in [-0.39, 0.29) is 11.1 Å². The molecule has 1 unspecified atom stereocenters. The predicted octanol–water partition coefficient (Wildman–Crippen LogP) is 2.60. The van der Waals surface area contributed by atoms with Crippen molar-refractivity contribution in [3.05, 3.63) is 11.8 Å². The Hall–Kier alpha value is -1.56. The van der Waals surface area contributed by atoms with Crippen LogP contribution in [-0.4, -0.2) is 59.9 Å². The summed E-state index contributed by atoms with van der Waals surface area (Å²) < 4.78 is 5.82. The molecule has 6 nitrogen and oxygen atoms in total. The van der Waals surface area contributed by atoms with E-state index in [0.29, 0.717) is 6.54 Å². The number of nitrogens with one attached hydrogen (secondary N) is 1. The van der Waals surface area contributed by atoms with Gasteiger partial charge in [0.2, 0.25) is 6.41 Å². The van der Waals surface area contributed by atoms with Gasteiger partial charge in [-0.3, -0.25) is 9.89 Å². The Morgan fingerprint density at radius 2 is 2.13 bits per heavy atom. The van der Waals surface area contributed by atoms with Crippen molar-refractivity contribution < 1.29 is 9.53 Å². The quantitative estimate of drug-likeness (QED) is 0.846. The molecule has 2 heterocycles. The molecule has 1 aromatic rings. The average molecular weight is 324 g/mol. The lowest BCUT2D eigenvalue weighted by Crippen LogP contribution is -2.60. The van der Waals surface area contributed by atoms with Crippen molar-refractivity contribution in [1.29, 1.82) is 0 Å². The van der Waals surface area contributed by atoms with E-state index in [9.17, 15) is 4.79 Å². The average Bonchev–Trinajstić information content (AvgIpc) is 2.94. The molecule has 1 saturated heterocycles. The first kappa shape index (κ1) is 19.5. The van der Waals surface area contributed by atoms with Crippen molar-refractivity contribution in [3.63, 3.8) is 0 Å². The molecule has 0 saturated carbocycles.